The molecule has 226 valence electrons. The van der Waals surface area contributed by atoms with Crippen LogP contribution < -0.4 is 26.0 Å². The molecule has 3 aliphatic rings. The summed E-state index contributed by atoms with van der Waals surface area (Å²) in [5.74, 6) is -0.898. The number of nitrogens with one attached hydrogen (secondary N) is 4. The van der Waals surface area contributed by atoms with E-state index in [1.165, 1.54) is 0 Å². The Kier molecular flexibility index (Phi) is 10.7. The summed E-state index contributed by atoms with van der Waals surface area (Å²) in [6.45, 7) is 6.02. The second-order valence-electron chi connectivity index (χ2n) is 11.1. The summed E-state index contributed by atoms with van der Waals surface area (Å²) in [5, 5.41) is 11.5. The molecule has 41 heavy (non-hydrogen) atoms. The highest BCUT2D eigenvalue weighted by atomic mass is 16.6. The van der Waals surface area contributed by atoms with Gasteiger partial charge >= 0.3 is 0 Å². The molecular weight excluding hydrogens is 532 g/mol. The second-order valence-corrected chi connectivity index (χ2v) is 11.1. The molecule has 1 aromatic rings. The van der Waals surface area contributed by atoms with Gasteiger partial charge in [0.25, 0.3) is 0 Å². The number of benzene rings is 1. The molecule has 12 nitrogen and oxygen atoms in total. The molecule has 4 rings (SSSR count). The average Bonchev–Trinajstić information content (AvgIpc) is 3.51. The van der Waals surface area contributed by atoms with Crippen molar-refractivity contribution >= 4 is 23.5 Å². The average molecular weight is 575 g/mol. The molecular formula is C29H42N4O8. The van der Waals surface area contributed by atoms with Crippen LogP contribution in [0.3, 0.4) is 0 Å². The van der Waals surface area contributed by atoms with E-state index in [2.05, 4.69) is 21.3 Å². The van der Waals surface area contributed by atoms with E-state index in [0.29, 0.717) is 38.5 Å². The van der Waals surface area contributed by atoms with E-state index in [-0.39, 0.29) is 36.7 Å². The normalized spacial score (nSPS) is 25.8. The monoisotopic (exact) mass is 574 g/mol. The van der Waals surface area contributed by atoms with Gasteiger partial charge in [0.15, 0.2) is 5.78 Å². The number of Topliss-reactive ketones (excluding diaryl/α,β-unsaturated/α-hetero) is 1. The highest BCUT2D eigenvalue weighted by Crippen LogP contribution is 2.30. The predicted octanol–water partition coefficient (Wildman–Crippen LogP) is 0.0176. The number of carbonyl (C=O) groups is 4. The smallest absolute Gasteiger partial charge is 0.243 e. The summed E-state index contributed by atoms with van der Waals surface area (Å²) >= 11 is 0. The van der Waals surface area contributed by atoms with E-state index in [0.717, 1.165) is 24.9 Å². The lowest BCUT2D eigenvalue weighted by atomic mass is 9.94. The van der Waals surface area contributed by atoms with Crippen LogP contribution in [0.2, 0.25) is 0 Å². The van der Waals surface area contributed by atoms with Crippen LogP contribution in [0.15, 0.2) is 24.3 Å². The van der Waals surface area contributed by atoms with Crippen LogP contribution in [0.5, 0.6) is 5.75 Å². The third-order valence-electron chi connectivity index (χ3n) is 7.67. The standard InChI is InChI=1S/C29H42N4O8/c1-18(31-25(34)15-22-16-30-10-12-40-22)27(36)33-24(13-19-6-8-20(38-3)9-7-19)28(37)32-23(14-21-5-4-11-39-21)26(35)29(2)17-41-29/h6-9,18,21-24,30H,4-5,10-17H2,1-3H3,(H,31,34)(H,32,37)(H,33,36)/t18-,21+,22?,23-,24-,29+/m0/s1. The number of morpholine rings is 1. The summed E-state index contributed by atoms with van der Waals surface area (Å²) in [4.78, 5) is 52.6. The Hall–Kier alpha value is -3.06. The molecule has 3 amide bonds. The van der Waals surface area contributed by atoms with E-state index in [4.69, 9.17) is 18.9 Å². The number of hydrogen-bond acceptors (Lipinski definition) is 9. The lowest BCUT2D eigenvalue weighted by Crippen LogP contribution is -2.57. The first-order valence-corrected chi connectivity index (χ1v) is 14.3. The molecule has 3 aliphatic heterocycles. The van der Waals surface area contributed by atoms with Gasteiger partial charge in [-0.25, -0.2) is 0 Å². The summed E-state index contributed by atoms with van der Waals surface area (Å²) in [7, 11) is 1.56. The van der Waals surface area contributed by atoms with Crippen molar-refractivity contribution in [2.75, 3.05) is 40.0 Å². The van der Waals surface area contributed by atoms with Crippen molar-refractivity contribution in [2.24, 2.45) is 0 Å². The predicted molar refractivity (Wildman–Crippen MR) is 148 cm³/mol. The van der Waals surface area contributed by atoms with Gasteiger partial charge in [0, 0.05) is 32.5 Å². The van der Waals surface area contributed by atoms with Gasteiger partial charge in [-0.1, -0.05) is 12.1 Å². The molecule has 0 aromatic heterocycles. The Morgan fingerprint density at radius 1 is 1.02 bits per heavy atom. The van der Waals surface area contributed by atoms with Crippen LogP contribution in [-0.2, 0) is 39.8 Å². The molecule has 0 aliphatic carbocycles. The molecule has 3 saturated heterocycles. The third-order valence-corrected chi connectivity index (χ3v) is 7.67. The van der Waals surface area contributed by atoms with Crippen molar-refractivity contribution in [3.63, 3.8) is 0 Å². The van der Waals surface area contributed by atoms with E-state index >= 15 is 0 Å². The van der Waals surface area contributed by atoms with Crippen molar-refractivity contribution in [3.05, 3.63) is 29.8 Å². The number of rotatable bonds is 14. The molecule has 12 heteroatoms. The SMILES string of the molecule is COc1ccc(C[C@H](NC(=O)[C@H](C)NC(=O)CC2CNCCO2)C(=O)N[C@@H](C[C@H]2CCCO2)C(=O)[C@@]2(C)CO2)cc1. The summed E-state index contributed by atoms with van der Waals surface area (Å²) in [6.07, 6.45) is 1.92. The van der Waals surface area contributed by atoms with Gasteiger partial charge in [-0.3, -0.25) is 19.2 Å². The van der Waals surface area contributed by atoms with Gasteiger partial charge < -0.3 is 40.2 Å². The molecule has 4 N–H and O–H groups in total. The van der Waals surface area contributed by atoms with Gasteiger partial charge in [0.1, 0.15) is 23.4 Å². The molecule has 0 bridgehead atoms. The molecule has 0 spiro atoms. The maximum absolute atomic E-state index is 13.7. The maximum atomic E-state index is 13.7. The highest BCUT2D eigenvalue weighted by Gasteiger charge is 2.50. The second kappa shape index (κ2) is 14.2. The van der Waals surface area contributed by atoms with Crippen molar-refractivity contribution in [2.45, 2.75) is 81.9 Å². The molecule has 6 atom stereocenters. The zero-order chi connectivity index (χ0) is 29.4. The molecule has 3 fully saturated rings. The van der Waals surface area contributed by atoms with Crippen LogP contribution >= 0.6 is 0 Å². The minimum Gasteiger partial charge on any atom is -0.497 e. The van der Waals surface area contributed by atoms with E-state index in [1.807, 2.05) is 12.1 Å². The summed E-state index contributed by atoms with van der Waals surface area (Å²) < 4.78 is 21.9. The number of epoxide rings is 1. The minimum atomic E-state index is -1.01. The molecule has 3 heterocycles. The van der Waals surface area contributed by atoms with Gasteiger partial charge in [-0.15, -0.1) is 0 Å². The van der Waals surface area contributed by atoms with Crippen molar-refractivity contribution in [3.8, 4) is 5.75 Å². The quantitative estimate of drug-likeness (QED) is 0.225. The van der Waals surface area contributed by atoms with Crippen molar-refractivity contribution in [1.29, 1.82) is 0 Å². The number of ketones is 1. The first kappa shape index (κ1) is 30.9. The van der Waals surface area contributed by atoms with Gasteiger partial charge in [-0.2, -0.15) is 0 Å². The first-order chi connectivity index (χ1) is 19.7. The van der Waals surface area contributed by atoms with Crippen molar-refractivity contribution in [1.82, 2.24) is 21.3 Å². The first-order valence-electron chi connectivity index (χ1n) is 14.3. The van der Waals surface area contributed by atoms with Crippen LogP contribution in [-0.4, -0.2) is 99.5 Å². The largest absolute Gasteiger partial charge is 0.497 e. The van der Waals surface area contributed by atoms with E-state index < -0.39 is 35.5 Å². The maximum Gasteiger partial charge on any atom is 0.243 e. The fourth-order valence-corrected chi connectivity index (χ4v) is 5.04. The van der Waals surface area contributed by atoms with Crippen LogP contribution in [0, 0.1) is 0 Å². The van der Waals surface area contributed by atoms with Gasteiger partial charge in [0.05, 0.1) is 45.0 Å². The minimum absolute atomic E-state index is 0.119. The molecule has 0 radical (unpaired) electrons. The Balaban J connectivity index is 1.43. The van der Waals surface area contributed by atoms with E-state index in [9.17, 15) is 19.2 Å². The van der Waals surface area contributed by atoms with E-state index in [1.54, 1.807) is 33.1 Å². The molecule has 1 unspecified atom stereocenters. The zero-order valence-electron chi connectivity index (χ0n) is 24.0. The number of hydrogen-bond donors (Lipinski definition) is 4. The topological polar surface area (TPSA) is 157 Å². The molecule has 1 aromatic carbocycles. The number of carbonyl (C=O) groups excluding carboxylic acids is 4. The Bertz CT molecular complexity index is 1070. The Morgan fingerprint density at radius 3 is 2.34 bits per heavy atom. The lowest BCUT2D eigenvalue weighted by Gasteiger charge is -2.27. The van der Waals surface area contributed by atoms with Gasteiger partial charge in [0.2, 0.25) is 17.7 Å². The lowest BCUT2D eigenvalue weighted by molar-refractivity contribution is -0.134. The van der Waals surface area contributed by atoms with Crippen LogP contribution in [0.25, 0.3) is 0 Å². The summed E-state index contributed by atoms with van der Waals surface area (Å²) in [5.41, 5.74) is -0.147. The Labute approximate surface area is 240 Å². The third kappa shape index (κ3) is 8.96. The zero-order valence-corrected chi connectivity index (χ0v) is 24.0. The summed E-state index contributed by atoms with van der Waals surface area (Å²) in [6, 6.07) is 4.43. The fourth-order valence-electron chi connectivity index (χ4n) is 5.04. The fraction of sp³-hybridized carbons (Fsp3) is 0.655. The van der Waals surface area contributed by atoms with Crippen LogP contribution in [0.4, 0.5) is 0 Å². The highest BCUT2D eigenvalue weighted by molar-refractivity contribution is 5.98. The number of methoxy groups -OCH3 is 1. The van der Waals surface area contributed by atoms with Crippen molar-refractivity contribution < 1.29 is 38.1 Å². The number of amides is 3. The van der Waals surface area contributed by atoms with Gasteiger partial charge in [-0.05, 0) is 44.4 Å². The Morgan fingerprint density at radius 2 is 1.73 bits per heavy atom. The van der Waals surface area contributed by atoms with Crippen LogP contribution in [0.1, 0.15) is 45.1 Å². The number of ether oxygens (including phenoxy) is 4. The molecule has 0 saturated carbocycles.